The number of nitrogens with one attached hydrogen (secondary N) is 1. The van der Waals surface area contributed by atoms with Crippen LogP contribution in [0, 0.1) is 11.5 Å². The highest BCUT2D eigenvalue weighted by molar-refractivity contribution is 7.73. The quantitative estimate of drug-likeness (QED) is 0.239. The number of nitrogens with zero attached hydrogens (tertiary/aromatic N) is 1. The van der Waals surface area contributed by atoms with Crippen LogP contribution in [0.15, 0.2) is 0 Å². The molecule has 0 aliphatic carbocycles. The molecule has 0 aliphatic heterocycles. The van der Waals surface area contributed by atoms with E-state index in [-0.39, 0.29) is 19.0 Å². The molecule has 0 saturated carbocycles. The Hall–Kier alpha value is -0.400. The molecular formula is C4H10N2O3P+. The fourth-order valence-corrected chi connectivity index (χ4v) is 1.04. The van der Waals surface area contributed by atoms with Crippen LogP contribution in [0.1, 0.15) is 0 Å². The van der Waals surface area contributed by atoms with E-state index in [0.717, 1.165) is 0 Å². The van der Waals surface area contributed by atoms with Crippen molar-refractivity contribution in [3.05, 3.63) is 0 Å². The van der Waals surface area contributed by atoms with Gasteiger partial charge < -0.3 is 15.3 Å². The Morgan fingerprint density at radius 3 is 1.70 bits per heavy atom. The summed E-state index contributed by atoms with van der Waals surface area (Å²) in [6, 6.07) is 0. The Balaban J connectivity index is 4.04. The molecule has 0 aromatic heterocycles. The van der Waals surface area contributed by atoms with E-state index in [1.807, 2.05) is 0 Å². The lowest BCUT2D eigenvalue weighted by Gasteiger charge is -2.15. The van der Waals surface area contributed by atoms with E-state index in [1.165, 1.54) is 0 Å². The maximum atomic E-state index is 8.62. The number of nitriles is 1. The Morgan fingerprint density at radius 1 is 1.20 bits per heavy atom. The SMILES string of the molecule is N#CN[P+](CO)(CO)CO. The summed E-state index contributed by atoms with van der Waals surface area (Å²) in [5, 5.41) is 36.2. The second kappa shape index (κ2) is 4.42. The average Bonchev–Trinajstić information content (AvgIpc) is 2.01. The summed E-state index contributed by atoms with van der Waals surface area (Å²) in [5.74, 6) is 0. The van der Waals surface area contributed by atoms with Gasteiger partial charge >= 0.3 is 0 Å². The second-order valence-electron chi connectivity index (χ2n) is 1.79. The second-order valence-corrected chi connectivity index (χ2v) is 5.16. The molecule has 0 atom stereocenters. The van der Waals surface area contributed by atoms with Crippen molar-refractivity contribution >= 4 is 7.41 Å². The smallest absolute Gasteiger partial charge is 0.211 e. The highest BCUT2D eigenvalue weighted by atomic mass is 31.2. The number of hydrogen-bond acceptors (Lipinski definition) is 5. The first kappa shape index (κ1) is 9.60. The van der Waals surface area contributed by atoms with Crippen molar-refractivity contribution in [2.24, 2.45) is 0 Å². The highest BCUT2D eigenvalue weighted by Crippen LogP contribution is 2.50. The molecule has 58 valence electrons. The van der Waals surface area contributed by atoms with Crippen LogP contribution in [0.4, 0.5) is 0 Å². The molecule has 4 N–H and O–H groups in total. The zero-order valence-corrected chi connectivity index (χ0v) is 6.25. The lowest BCUT2D eigenvalue weighted by atomic mass is 11.5. The van der Waals surface area contributed by atoms with E-state index in [9.17, 15) is 0 Å². The Labute approximate surface area is 59.3 Å². The fraction of sp³-hybridized carbons (Fsp3) is 0.750. The lowest BCUT2D eigenvalue weighted by Crippen LogP contribution is -2.19. The summed E-state index contributed by atoms with van der Waals surface area (Å²) in [5.41, 5.74) is 0. The van der Waals surface area contributed by atoms with E-state index in [2.05, 4.69) is 5.09 Å². The fourth-order valence-electron chi connectivity index (χ4n) is 0.346. The predicted octanol–water partition coefficient (Wildman–Crippen LogP) is -1.16. The van der Waals surface area contributed by atoms with Gasteiger partial charge in [0.2, 0.25) is 6.19 Å². The molecule has 0 aromatic rings. The van der Waals surface area contributed by atoms with Crippen molar-refractivity contribution in [1.82, 2.24) is 5.09 Å². The molecule has 0 rings (SSSR count). The third-order valence-corrected chi connectivity index (χ3v) is 3.30. The van der Waals surface area contributed by atoms with Gasteiger partial charge in [-0.05, 0) is 0 Å². The van der Waals surface area contributed by atoms with E-state index >= 15 is 0 Å². The van der Waals surface area contributed by atoms with E-state index < -0.39 is 7.41 Å². The predicted molar refractivity (Wildman–Crippen MR) is 36.9 cm³/mol. The van der Waals surface area contributed by atoms with Crippen LogP contribution >= 0.6 is 7.41 Å². The lowest BCUT2D eigenvalue weighted by molar-refractivity contribution is 0.309. The monoisotopic (exact) mass is 165 g/mol. The van der Waals surface area contributed by atoms with Gasteiger partial charge in [0, 0.05) is 0 Å². The van der Waals surface area contributed by atoms with Gasteiger partial charge in [0.05, 0.1) is 0 Å². The Kier molecular flexibility index (Phi) is 4.24. The normalized spacial score (nSPS) is 10.6. The molecule has 0 radical (unpaired) electrons. The summed E-state index contributed by atoms with van der Waals surface area (Å²) in [7, 11) is -2.38. The van der Waals surface area contributed by atoms with Crippen LogP contribution in [0.25, 0.3) is 0 Å². The van der Waals surface area contributed by atoms with E-state index in [1.54, 1.807) is 6.19 Å². The zero-order chi connectivity index (χ0) is 8.04. The van der Waals surface area contributed by atoms with Gasteiger partial charge in [0.15, 0.2) is 26.5 Å². The standard InChI is InChI=1S/C4H10N2O3P/c5-1-6-10(2-7,3-8)4-9/h6-9H,2-4H2/q+1. The first-order chi connectivity index (χ1) is 4.74. The largest absolute Gasteiger partial charge is 0.360 e. The first-order valence-electron chi connectivity index (χ1n) is 2.59. The third kappa shape index (κ3) is 2.09. The van der Waals surface area contributed by atoms with Crippen molar-refractivity contribution < 1.29 is 15.3 Å². The third-order valence-electron chi connectivity index (χ3n) is 1.10. The highest BCUT2D eigenvalue weighted by Gasteiger charge is 2.35. The van der Waals surface area contributed by atoms with Gasteiger partial charge in [-0.2, -0.15) is 10.3 Å². The van der Waals surface area contributed by atoms with E-state index in [0.29, 0.717) is 0 Å². The molecule has 0 fully saturated rings. The number of hydrogen-bond donors (Lipinski definition) is 4. The van der Waals surface area contributed by atoms with Crippen LogP contribution in [-0.2, 0) is 0 Å². The molecule has 0 aromatic carbocycles. The van der Waals surface area contributed by atoms with Crippen molar-refractivity contribution in [2.45, 2.75) is 0 Å². The molecule has 0 heterocycles. The minimum absolute atomic E-state index is 0.367. The van der Waals surface area contributed by atoms with Crippen molar-refractivity contribution in [1.29, 1.82) is 5.26 Å². The first-order valence-corrected chi connectivity index (χ1v) is 4.94. The molecule has 6 heteroatoms. The average molecular weight is 165 g/mol. The van der Waals surface area contributed by atoms with Crippen LogP contribution in [0.5, 0.6) is 0 Å². The summed E-state index contributed by atoms with van der Waals surface area (Å²) >= 11 is 0. The van der Waals surface area contributed by atoms with Crippen LogP contribution in [-0.4, -0.2) is 34.4 Å². The van der Waals surface area contributed by atoms with Crippen LogP contribution in [0.3, 0.4) is 0 Å². The molecule has 0 bridgehead atoms. The van der Waals surface area contributed by atoms with Crippen LogP contribution < -0.4 is 5.09 Å². The molecule has 0 amide bonds. The van der Waals surface area contributed by atoms with Gasteiger partial charge in [-0.1, -0.05) is 0 Å². The molecular weight excluding hydrogens is 155 g/mol. The van der Waals surface area contributed by atoms with Crippen molar-refractivity contribution in [3.63, 3.8) is 0 Å². The van der Waals surface area contributed by atoms with Gasteiger partial charge in [0.25, 0.3) is 0 Å². The Bertz CT molecular complexity index is 123. The van der Waals surface area contributed by atoms with Crippen LogP contribution in [0.2, 0.25) is 0 Å². The number of rotatable bonds is 4. The molecule has 0 spiro atoms. The molecule has 0 aliphatic rings. The topological polar surface area (TPSA) is 96.5 Å². The number of aliphatic hydroxyl groups excluding tert-OH is 3. The molecule has 5 nitrogen and oxygen atoms in total. The summed E-state index contributed by atoms with van der Waals surface area (Å²) < 4.78 is 0. The molecule has 0 unspecified atom stereocenters. The maximum Gasteiger partial charge on any atom is 0.211 e. The molecule has 0 saturated heterocycles. The molecule has 10 heavy (non-hydrogen) atoms. The zero-order valence-electron chi connectivity index (χ0n) is 5.36. The summed E-state index contributed by atoms with van der Waals surface area (Å²) in [6.45, 7) is 0. The van der Waals surface area contributed by atoms with Crippen molar-refractivity contribution in [2.75, 3.05) is 19.0 Å². The number of aliphatic hydroxyl groups is 3. The Morgan fingerprint density at radius 2 is 1.60 bits per heavy atom. The van der Waals surface area contributed by atoms with Gasteiger partial charge in [-0.15, -0.1) is 0 Å². The summed E-state index contributed by atoms with van der Waals surface area (Å²) in [4.78, 5) is 0. The van der Waals surface area contributed by atoms with Crippen molar-refractivity contribution in [3.8, 4) is 6.19 Å². The van der Waals surface area contributed by atoms with Gasteiger partial charge in [0.1, 0.15) is 0 Å². The van der Waals surface area contributed by atoms with Gasteiger partial charge in [-0.25, -0.2) is 0 Å². The minimum atomic E-state index is -2.38. The minimum Gasteiger partial charge on any atom is -0.360 e. The maximum absolute atomic E-state index is 8.62. The summed E-state index contributed by atoms with van der Waals surface area (Å²) in [6.07, 6.45) is 0.478. The van der Waals surface area contributed by atoms with E-state index in [4.69, 9.17) is 20.6 Å². The van der Waals surface area contributed by atoms with Gasteiger partial charge in [-0.3, -0.25) is 0 Å².